The first-order valence-electron chi connectivity index (χ1n) is 14.4. The summed E-state index contributed by atoms with van der Waals surface area (Å²) < 4.78 is 28.5. The third-order valence-corrected chi connectivity index (χ3v) is 8.81. The summed E-state index contributed by atoms with van der Waals surface area (Å²) >= 11 is 0. The lowest BCUT2D eigenvalue weighted by Gasteiger charge is -2.27. The molecular formula is C32H51N3O3S. The van der Waals surface area contributed by atoms with Crippen LogP contribution in [0.5, 0.6) is 0 Å². The van der Waals surface area contributed by atoms with Crippen molar-refractivity contribution in [2.24, 2.45) is 5.92 Å². The number of amides is 1. The summed E-state index contributed by atoms with van der Waals surface area (Å²) in [5.41, 5.74) is 5.58. The van der Waals surface area contributed by atoms with Crippen molar-refractivity contribution in [1.29, 1.82) is 0 Å². The summed E-state index contributed by atoms with van der Waals surface area (Å²) in [4.78, 5) is 13.5. The van der Waals surface area contributed by atoms with E-state index in [0.717, 1.165) is 29.8 Å². The Hall–Kier alpha value is -2.12. The number of aromatic nitrogens is 1. The SMILES string of the molecule is Cc1c(C(=O)NCC(C)(C)NS(C)(=O)=O)cc(-c2cc(C(C)(C)C)cc(C(C)(C)C)c2)n1CC1CCCCC1. The third kappa shape index (κ3) is 8.43. The van der Waals surface area contributed by atoms with E-state index in [1.54, 1.807) is 13.8 Å². The molecule has 0 bridgehead atoms. The molecule has 39 heavy (non-hydrogen) atoms. The van der Waals surface area contributed by atoms with Gasteiger partial charge in [-0.25, -0.2) is 13.1 Å². The van der Waals surface area contributed by atoms with E-state index in [9.17, 15) is 13.2 Å². The standard InChI is InChI=1S/C32H51N3O3S/c1-22-27(29(36)33-21-32(8,9)34-39(10,37)38)19-28(35(22)20-23-14-12-11-13-15-23)24-16-25(30(2,3)4)18-26(17-24)31(5,6)7/h16-19,23,34H,11-15,20-21H2,1-10H3,(H,33,36). The number of hydrogen-bond donors (Lipinski definition) is 2. The van der Waals surface area contributed by atoms with Gasteiger partial charge in [-0.15, -0.1) is 0 Å². The quantitative estimate of drug-likeness (QED) is 0.379. The molecule has 6 nitrogen and oxygen atoms in total. The minimum Gasteiger partial charge on any atom is -0.350 e. The van der Waals surface area contributed by atoms with Crippen molar-refractivity contribution in [2.45, 2.75) is 117 Å². The topological polar surface area (TPSA) is 80.2 Å². The monoisotopic (exact) mass is 557 g/mol. The smallest absolute Gasteiger partial charge is 0.253 e. The third-order valence-electron chi connectivity index (χ3n) is 7.89. The molecule has 1 amide bonds. The van der Waals surface area contributed by atoms with Crippen LogP contribution in [-0.4, -0.2) is 37.2 Å². The zero-order valence-corrected chi connectivity index (χ0v) is 26.7. The second kappa shape index (κ2) is 11.4. The molecule has 0 radical (unpaired) electrons. The first-order valence-corrected chi connectivity index (χ1v) is 16.3. The molecule has 1 saturated carbocycles. The van der Waals surface area contributed by atoms with Crippen molar-refractivity contribution in [3.63, 3.8) is 0 Å². The number of carbonyl (C=O) groups excluding carboxylic acids is 1. The maximum Gasteiger partial charge on any atom is 0.253 e. The lowest BCUT2D eigenvalue weighted by Crippen LogP contribution is -2.51. The molecule has 2 N–H and O–H groups in total. The Morgan fingerprint density at radius 2 is 1.44 bits per heavy atom. The van der Waals surface area contributed by atoms with Gasteiger partial charge < -0.3 is 9.88 Å². The van der Waals surface area contributed by atoms with Crippen molar-refractivity contribution >= 4 is 15.9 Å². The summed E-state index contributed by atoms with van der Waals surface area (Å²) in [5, 5.41) is 2.99. The zero-order valence-electron chi connectivity index (χ0n) is 25.9. The van der Waals surface area contributed by atoms with E-state index in [4.69, 9.17) is 0 Å². The van der Waals surface area contributed by atoms with Crippen LogP contribution in [0, 0.1) is 12.8 Å². The Morgan fingerprint density at radius 3 is 1.92 bits per heavy atom. The van der Waals surface area contributed by atoms with Crippen molar-refractivity contribution in [1.82, 2.24) is 14.6 Å². The van der Waals surface area contributed by atoms with Gasteiger partial charge in [-0.05, 0) is 85.3 Å². The molecule has 1 heterocycles. The van der Waals surface area contributed by atoms with E-state index >= 15 is 0 Å². The van der Waals surface area contributed by atoms with Gasteiger partial charge in [0.15, 0.2) is 0 Å². The molecule has 0 aliphatic heterocycles. The lowest BCUT2D eigenvalue weighted by atomic mass is 9.79. The molecule has 1 aromatic heterocycles. The van der Waals surface area contributed by atoms with Crippen LogP contribution in [0.25, 0.3) is 11.3 Å². The molecule has 1 aliphatic carbocycles. The molecule has 0 saturated heterocycles. The van der Waals surface area contributed by atoms with E-state index in [1.165, 1.54) is 43.2 Å². The summed E-state index contributed by atoms with van der Waals surface area (Å²) in [6.45, 7) is 20.2. The molecule has 1 fully saturated rings. The van der Waals surface area contributed by atoms with Gasteiger partial charge in [0, 0.05) is 30.0 Å². The largest absolute Gasteiger partial charge is 0.350 e. The first kappa shape index (κ1) is 31.4. The fourth-order valence-corrected chi connectivity index (χ4v) is 6.63. The Balaban J connectivity index is 2.08. The fraction of sp³-hybridized carbons (Fsp3) is 0.656. The Labute approximate surface area is 237 Å². The molecule has 0 unspecified atom stereocenters. The summed E-state index contributed by atoms with van der Waals surface area (Å²) in [5.74, 6) is 0.424. The summed E-state index contributed by atoms with van der Waals surface area (Å²) in [7, 11) is -3.40. The second-order valence-corrected chi connectivity index (χ2v) is 16.1. The van der Waals surface area contributed by atoms with Crippen LogP contribution in [-0.2, 0) is 27.4 Å². The van der Waals surface area contributed by atoms with Crippen molar-refractivity contribution < 1.29 is 13.2 Å². The second-order valence-electron chi connectivity index (χ2n) is 14.4. The Morgan fingerprint density at radius 1 is 0.897 bits per heavy atom. The first-order chi connectivity index (χ1) is 17.8. The van der Waals surface area contributed by atoms with Gasteiger partial charge in [-0.1, -0.05) is 66.9 Å². The van der Waals surface area contributed by atoms with E-state index in [-0.39, 0.29) is 23.3 Å². The summed E-state index contributed by atoms with van der Waals surface area (Å²) in [6, 6.07) is 8.96. The van der Waals surface area contributed by atoms with Crippen molar-refractivity contribution in [3.05, 3.63) is 46.6 Å². The van der Waals surface area contributed by atoms with E-state index in [2.05, 4.69) is 74.3 Å². The minimum atomic E-state index is -3.40. The molecule has 0 atom stereocenters. The van der Waals surface area contributed by atoms with Crippen LogP contribution in [0.4, 0.5) is 0 Å². The zero-order chi connectivity index (χ0) is 29.4. The number of hydrogen-bond acceptors (Lipinski definition) is 3. The van der Waals surface area contributed by atoms with Crippen LogP contribution >= 0.6 is 0 Å². The molecule has 2 aromatic rings. The minimum absolute atomic E-state index is 0.00967. The number of nitrogens with one attached hydrogen (secondary N) is 2. The van der Waals surface area contributed by atoms with Gasteiger partial charge in [-0.3, -0.25) is 4.79 Å². The van der Waals surface area contributed by atoms with Gasteiger partial charge in [0.05, 0.1) is 11.8 Å². The molecule has 1 aromatic carbocycles. The van der Waals surface area contributed by atoms with Crippen LogP contribution in [0.1, 0.15) is 115 Å². The predicted octanol–water partition coefficient (Wildman–Crippen LogP) is 6.70. The molecular weight excluding hydrogens is 506 g/mol. The van der Waals surface area contributed by atoms with Crippen molar-refractivity contribution in [3.8, 4) is 11.3 Å². The van der Waals surface area contributed by atoms with Crippen LogP contribution in [0.15, 0.2) is 24.3 Å². The Bertz CT molecular complexity index is 1250. The average molecular weight is 558 g/mol. The molecule has 1 aliphatic rings. The van der Waals surface area contributed by atoms with Gasteiger partial charge in [0.2, 0.25) is 10.0 Å². The number of sulfonamides is 1. The maximum atomic E-state index is 13.5. The lowest BCUT2D eigenvalue weighted by molar-refractivity contribution is 0.0943. The van der Waals surface area contributed by atoms with Crippen molar-refractivity contribution in [2.75, 3.05) is 12.8 Å². The molecule has 3 rings (SSSR count). The van der Waals surface area contributed by atoms with Gasteiger partial charge in [-0.2, -0.15) is 0 Å². The number of carbonyl (C=O) groups is 1. The highest BCUT2D eigenvalue weighted by atomic mass is 32.2. The fourth-order valence-electron chi connectivity index (χ4n) is 5.55. The average Bonchev–Trinajstić information content (AvgIpc) is 3.11. The molecule has 7 heteroatoms. The van der Waals surface area contributed by atoms with Crippen LogP contribution in [0.2, 0.25) is 0 Å². The normalized spacial score (nSPS) is 15.9. The molecule has 218 valence electrons. The van der Waals surface area contributed by atoms with E-state index in [1.807, 2.05) is 13.0 Å². The predicted molar refractivity (Wildman–Crippen MR) is 163 cm³/mol. The highest BCUT2D eigenvalue weighted by molar-refractivity contribution is 7.88. The molecule has 0 spiro atoms. The van der Waals surface area contributed by atoms with E-state index < -0.39 is 15.6 Å². The highest BCUT2D eigenvalue weighted by Gasteiger charge is 2.27. The van der Waals surface area contributed by atoms with E-state index in [0.29, 0.717) is 11.5 Å². The Kier molecular flexibility index (Phi) is 9.18. The van der Waals surface area contributed by atoms with Gasteiger partial charge >= 0.3 is 0 Å². The van der Waals surface area contributed by atoms with Gasteiger partial charge in [0.1, 0.15) is 0 Å². The number of nitrogens with zero attached hydrogens (tertiary/aromatic N) is 1. The summed E-state index contributed by atoms with van der Waals surface area (Å²) in [6.07, 6.45) is 7.42. The van der Waals surface area contributed by atoms with Crippen LogP contribution < -0.4 is 10.0 Å². The highest BCUT2D eigenvalue weighted by Crippen LogP contribution is 2.37. The number of benzene rings is 1. The van der Waals surface area contributed by atoms with Gasteiger partial charge in [0.25, 0.3) is 5.91 Å². The number of rotatable bonds is 8. The van der Waals surface area contributed by atoms with Crippen LogP contribution in [0.3, 0.4) is 0 Å². The maximum absolute atomic E-state index is 13.5.